The van der Waals surface area contributed by atoms with Gasteiger partial charge in [-0.2, -0.15) is 0 Å². The number of hydrogen-bond donors (Lipinski definition) is 1. The molecule has 0 aromatic carbocycles. The average Bonchev–Trinajstić information content (AvgIpc) is 2.57. The molecular formula is C17H30N2. The van der Waals surface area contributed by atoms with Crippen LogP contribution in [-0.4, -0.2) is 37.1 Å². The van der Waals surface area contributed by atoms with E-state index >= 15 is 0 Å². The Bertz CT molecular complexity index is 299. The Balaban J connectivity index is 1.42. The maximum atomic E-state index is 3.63. The monoisotopic (exact) mass is 262 g/mol. The van der Waals surface area contributed by atoms with Crippen LogP contribution in [0.25, 0.3) is 0 Å². The van der Waals surface area contributed by atoms with Gasteiger partial charge in [-0.3, -0.25) is 0 Å². The molecule has 1 saturated heterocycles. The highest BCUT2D eigenvalue weighted by Gasteiger charge is 2.48. The van der Waals surface area contributed by atoms with Crippen molar-refractivity contribution in [1.29, 1.82) is 0 Å². The number of hydrogen-bond acceptors (Lipinski definition) is 2. The third-order valence-corrected chi connectivity index (χ3v) is 6.57. The largest absolute Gasteiger partial charge is 0.313 e. The van der Waals surface area contributed by atoms with Crippen LogP contribution in [-0.2, 0) is 0 Å². The lowest BCUT2D eigenvalue weighted by atomic mass is 9.52. The molecule has 4 aliphatic carbocycles. The van der Waals surface area contributed by atoms with Crippen molar-refractivity contribution in [2.24, 2.45) is 29.6 Å². The van der Waals surface area contributed by atoms with E-state index in [1.807, 2.05) is 0 Å². The fourth-order valence-corrected chi connectivity index (χ4v) is 5.99. The standard InChI is InChI=1S/C17H30N2/c1-12-10-19(4-2-3-18-12)11-17-15-6-13-5-14(8-15)9-16(17)7-13/h12-18H,2-11H2,1H3. The Kier molecular flexibility index (Phi) is 3.35. The SMILES string of the molecule is CC1CN(CC2C3CC4CC(C3)CC2C4)CCCN1. The first kappa shape index (κ1) is 12.6. The Morgan fingerprint density at radius 1 is 1.00 bits per heavy atom. The van der Waals surface area contributed by atoms with Gasteiger partial charge in [0, 0.05) is 19.1 Å². The first-order chi connectivity index (χ1) is 9.28. The molecule has 1 unspecified atom stereocenters. The molecule has 0 aromatic heterocycles. The molecule has 0 aromatic rings. The zero-order chi connectivity index (χ0) is 12.8. The number of nitrogens with zero attached hydrogens (tertiary/aromatic N) is 1. The Hall–Kier alpha value is -0.0800. The summed E-state index contributed by atoms with van der Waals surface area (Å²) >= 11 is 0. The highest BCUT2D eigenvalue weighted by molar-refractivity contribution is 4.99. The molecule has 0 amide bonds. The van der Waals surface area contributed by atoms with Crippen molar-refractivity contribution in [1.82, 2.24) is 10.2 Å². The molecule has 4 saturated carbocycles. The van der Waals surface area contributed by atoms with Crippen LogP contribution >= 0.6 is 0 Å². The Morgan fingerprint density at radius 3 is 2.37 bits per heavy atom. The van der Waals surface area contributed by atoms with Gasteiger partial charge in [-0.1, -0.05) is 0 Å². The van der Waals surface area contributed by atoms with E-state index in [2.05, 4.69) is 17.1 Å². The van der Waals surface area contributed by atoms with Crippen molar-refractivity contribution in [3.63, 3.8) is 0 Å². The Morgan fingerprint density at radius 2 is 1.68 bits per heavy atom. The molecule has 1 N–H and O–H groups in total. The van der Waals surface area contributed by atoms with Gasteiger partial charge in [0.2, 0.25) is 0 Å². The van der Waals surface area contributed by atoms with Gasteiger partial charge in [-0.25, -0.2) is 0 Å². The smallest absolute Gasteiger partial charge is 0.0166 e. The molecule has 2 heteroatoms. The van der Waals surface area contributed by atoms with Gasteiger partial charge in [0.15, 0.2) is 0 Å². The minimum absolute atomic E-state index is 0.694. The van der Waals surface area contributed by atoms with E-state index in [4.69, 9.17) is 0 Å². The Labute approximate surface area is 118 Å². The van der Waals surface area contributed by atoms with Crippen molar-refractivity contribution < 1.29 is 0 Å². The summed E-state index contributed by atoms with van der Waals surface area (Å²) in [6.45, 7) is 7.61. The molecule has 5 aliphatic rings. The predicted molar refractivity (Wildman–Crippen MR) is 79.1 cm³/mol. The van der Waals surface area contributed by atoms with E-state index in [9.17, 15) is 0 Å². The summed E-state index contributed by atoms with van der Waals surface area (Å²) in [6.07, 6.45) is 9.26. The van der Waals surface area contributed by atoms with Crippen molar-refractivity contribution in [2.75, 3.05) is 26.2 Å². The normalized spacial score (nSPS) is 50.4. The van der Waals surface area contributed by atoms with Gasteiger partial charge in [0.05, 0.1) is 0 Å². The molecule has 1 heterocycles. The maximum absolute atomic E-state index is 3.63. The van der Waals surface area contributed by atoms with E-state index in [0.717, 1.165) is 29.6 Å². The molecule has 1 aliphatic heterocycles. The first-order valence-corrected chi connectivity index (χ1v) is 8.73. The second-order valence-corrected chi connectivity index (χ2v) is 8.06. The fraction of sp³-hybridized carbons (Fsp3) is 1.00. The zero-order valence-corrected chi connectivity index (χ0v) is 12.5. The summed E-state index contributed by atoms with van der Waals surface area (Å²) < 4.78 is 0. The topological polar surface area (TPSA) is 15.3 Å². The van der Waals surface area contributed by atoms with Crippen LogP contribution in [0.5, 0.6) is 0 Å². The maximum Gasteiger partial charge on any atom is 0.0166 e. The molecule has 5 rings (SSSR count). The van der Waals surface area contributed by atoms with E-state index in [1.165, 1.54) is 32.6 Å². The summed E-state index contributed by atoms with van der Waals surface area (Å²) in [5.41, 5.74) is 0. The van der Waals surface area contributed by atoms with E-state index in [1.54, 1.807) is 32.1 Å². The molecule has 19 heavy (non-hydrogen) atoms. The minimum atomic E-state index is 0.694. The number of nitrogens with one attached hydrogen (secondary N) is 1. The van der Waals surface area contributed by atoms with E-state index in [0.29, 0.717) is 6.04 Å². The van der Waals surface area contributed by atoms with Gasteiger partial charge in [-0.15, -0.1) is 0 Å². The lowest BCUT2D eigenvalue weighted by Crippen LogP contribution is -2.50. The molecule has 4 bridgehead atoms. The molecule has 0 spiro atoms. The highest BCUT2D eigenvalue weighted by atomic mass is 15.2. The van der Waals surface area contributed by atoms with Crippen molar-refractivity contribution in [3.8, 4) is 0 Å². The first-order valence-electron chi connectivity index (χ1n) is 8.73. The predicted octanol–water partition coefficient (Wildman–Crippen LogP) is 2.74. The molecule has 5 fully saturated rings. The van der Waals surface area contributed by atoms with E-state index in [-0.39, 0.29) is 0 Å². The van der Waals surface area contributed by atoms with Crippen LogP contribution in [0.15, 0.2) is 0 Å². The second-order valence-electron chi connectivity index (χ2n) is 8.06. The van der Waals surface area contributed by atoms with Gasteiger partial charge in [0.1, 0.15) is 0 Å². The highest BCUT2D eigenvalue weighted by Crippen LogP contribution is 2.56. The van der Waals surface area contributed by atoms with Crippen LogP contribution in [0.2, 0.25) is 0 Å². The summed E-state index contributed by atoms with van der Waals surface area (Å²) in [4.78, 5) is 2.79. The molecule has 2 nitrogen and oxygen atoms in total. The molecule has 108 valence electrons. The van der Waals surface area contributed by atoms with Gasteiger partial charge < -0.3 is 10.2 Å². The summed E-state index contributed by atoms with van der Waals surface area (Å²) in [6, 6.07) is 0.694. The van der Waals surface area contributed by atoms with Crippen molar-refractivity contribution in [2.45, 2.75) is 51.5 Å². The van der Waals surface area contributed by atoms with Crippen LogP contribution < -0.4 is 5.32 Å². The lowest BCUT2D eigenvalue weighted by molar-refractivity contribution is -0.0489. The third-order valence-electron chi connectivity index (χ3n) is 6.57. The van der Waals surface area contributed by atoms with Crippen LogP contribution in [0.1, 0.15) is 45.4 Å². The minimum Gasteiger partial charge on any atom is -0.313 e. The zero-order valence-electron chi connectivity index (χ0n) is 12.5. The van der Waals surface area contributed by atoms with Gasteiger partial charge in [0.25, 0.3) is 0 Å². The molecular weight excluding hydrogens is 232 g/mol. The summed E-state index contributed by atoms with van der Waals surface area (Å²) in [5, 5.41) is 3.63. The quantitative estimate of drug-likeness (QED) is 0.823. The summed E-state index contributed by atoms with van der Waals surface area (Å²) in [5.74, 6) is 5.51. The molecule has 1 atom stereocenters. The van der Waals surface area contributed by atoms with Gasteiger partial charge in [-0.05, 0) is 88.1 Å². The van der Waals surface area contributed by atoms with Crippen molar-refractivity contribution >= 4 is 0 Å². The third kappa shape index (κ3) is 2.47. The molecule has 0 radical (unpaired) electrons. The van der Waals surface area contributed by atoms with Crippen LogP contribution in [0.3, 0.4) is 0 Å². The second kappa shape index (κ2) is 5.04. The van der Waals surface area contributed by atoms with Crippen LogP contribution in [0.4, 0.5) is 0 Å². The lowest BCUT2D eigenvalue weighted by Gasteiger charge is -2.55. The fourth-order valence-electron chi connectivity index (χ4n) is 5.99. The number of rotatable bonds is 2. The van der Waals surface area contributed by atoms with Crippen molar-refractivity contribution in [3.05, 3.63) is 0 Å². The summed E-state index contributed by atoms with van der Waals surface area (Å²) in [7, 11) is 0. The van der Waals surface area contributed by atoms with Crippen LogP contribution in [0, 0.1) is 29.6 Å². The van der Waals surface area contributed by atoms with E-state index < -0.39 is 0 Å². The van der Waals surface area contributed by atoms with Gasteiger partial charge >= 0.3 is 0 Å². The average molecular weight is 262 g/mol.